The van der Waals surface area contributed by atoms with Crippen molar-refractivity contribution in [1.82, 2.24) is 19.1 Å². The summed E-state index contributed by atoms with van der Waals surface area (Å²) in [5, 5.41) is 5.04. The second kappa shape index (κ2) is 12.2. The van der Waals surface area contributed by atoms with Crippen LogP contribution in [-0.2, 0) is 0 Å². The molecule has 252 valence electrons. The van der Waals surface area contributed by atoms with E-state index in [4.69, 9.17) is 9.97 Å². The summed E-state index contributed by atoms with van der Waals surface area (Å²) in [6.45, 7) is 6.53. The van der Waals surface area contributed by atoms with Crippen LogP contribution < -0.4 is 0 Å². The van der Waals surface area contributed by atoms with E-state index in [1.54, 1.807) is 0 Å². The summed E-state index contributed by atoms with van der Waals surface area (Å²) < 4.78 is 4.82. The van der Waals surface area contributed by atoms with Gasteiger partial charge in [0.05, 0.1) is 33.5 Å². The molecule has 0 spiro atoms. The van der Waals surface area contributed by atoms with Crippen molar-refractivity contribution in [3.8, 4) is 45.3 Å². The SMILES string of the molecule is Cc1ccc2c(c1)c1cc(C)ccc1n2-c1ccc2c(c1)c1ccccc1n2-c1ccc(-c2cc(-c3ccccc3)nc(-c3ccccc3)n2)c(C)c1. The molecular weight excluding hydrogens is 645 g/mol. The van der Waals surface area contributed by atoms with E-state index in [1.807, 2.05) is 24.3 Å². The second-order valence-corrected chi connectivity index (χ2v) is 14.1. The summed E-state index contributed by atoms with van der Waals surface area (Å²) in [4.78, 5) is 10.1. The molecule has 0 aliphatic rings. The average Bonchev–Trinajstić information content (AvgIpc) is 3.70. The number of benzene rings is 7. The zero-order valence-corrected chi connectivity index (χ0v) is 29.9. The van der Waals surface area contributed by atoms with E-state index in [0.717, 1.165) is 50.8 Å². The van der Waals surface area contributed by atoms with Gasteiger partial charge in [0.15, 0.2) is 5.82 Å². The van der Waals surface area contributed by atoms with Crippen molar-refractivity contribution in [1.29, 1.82) is 0 Å². The molecule has 10 aromatic rings. The fraction of sp³-hybridized carbons (Fsp3) is 0.0612. The highest BCUT2D eigenvalue weighted by Crippen LogP contribution is 2.38. The van der Waals surface area contributed by atoms with Crippen LogP contribution in [0.15, 0.2) is 164 Å². The second-order valence-electron chi connectivity index (χ2n) is 14.1. The molecule has 0 saturated carbocycles. The summed E-state index contributed by atoms with van der Waals surface area (Å²) >= 11 is 0. The Morgan fingerprint density at radius 2 is 0.887 bits per heavy atom. The molecule has 0 fully saturated rings. The maximum Gasteiger partial charge on any atom is 0.160 e. The molecule has 0 bridgehead atoms. The monoisotopic (exact) mass is 680 g/mol. The highest BCUT2D eigenvalue weighted by molar-refractivity contribution is 6.12. The van der Waals surface area contributed by atoms with Gasteiger partial charge in [0.1, 0.15) is 0 Å². The number of aromatic nitrogens is 4. The lowest BCUT2D eigenvalue weighted by Crippen LogP contribution is -1.99. The summed E-state index contributed by atoms with van der Waals surface area (Å²) in [7, 11) is 0. The van der Waals surface area contributed by atoms with Gasteiger partial charge in [-0.3, -0.25) is 0 Å². The zero-order chi connectivity index (χ0) is 35.6. The Morgan fingerprint density at radius 3 is 1.55 bits per heavy atom. The van der Waals surface area contributed by atoms with Gasteiger partial charge in [0.2, 0.25) is 0 Å². The van der Waals surface area contributed by atoms with E-state index in [9.17, 15) is 0 Å². The lowest BCUT2D eigenvalue weighted by molar-refractivity contribution is 1.15. The quantitative estimate of drug-likeness (QED) is 0.181. The average molecular weight is 681 g/mol. The molecule has 0 unspecified atom stereocenters. The standard InChI is InChI=1S/C49H36N4/c1-31-18-23-46-40(26-31)41-27-32(2)19-24-47(41)53(46)37-21-25-48-42(29-37)39-16-10-11-17-45(39)52(48)36-20-22-38(33(3)28-36)44-30-43(34-12-6-4-7-13-34)50-49(51-44)35-14-8-5-9-15-35/h4-30H,1-3H3. The van der Waals surface area contributed by atoms with Crippen LogP contribution in [0.25, 0.3) is 88.9 Å². The maximum absolute atomic E-state index is 5.12. The van der Waals surface area contributed by atoms with Crippen molar-refractivity contribution in [2.45, 2.75) is 20.8 Å². The molecule has 4 heteroatoms. The lowest BCUT2D eigenvalue weighted by Gasteiger charge is -2.14. The van der Waals surface area contributed by atoms with Gasteiger partial charge in [-0.2, -0.15) is 0 Å². The Bertz CT molecular complexity index is 2910. The van der Waals surface area contributed by atoms with Gasteiger partial charge in [-0.25, -0.2) is 9.97 Å². The summed E-state index contributed by atoms with van der Waals surface area (Å²) in [5.41, 5.74) is 15.7. The van der Waals surface area contributed by atoms with Gasteiger partial charge >= 0.3 is 0 Å². The normalized spacial score (nSPS) is 11.7. The Hall–Kier alpha value is -6.78. The minimum absolute atomic E-state index is 0.720. The summed E-state index contributed by atoms with van der Waals surface area (Å²) in [5.74, 6) is 0.720. The molecule has 0 amide bonds. The fourth-order valence-corrected chi connectivity index (χ4v) is 8.04. The van der Waals surface area contributed by atoms with Crippen LogP contribution in [0.1, 0.15) is 16.7 Å². The number of fused-ring (bicyclic) bond motifs is 6. The molecule has 0 saturated heterocycles. The van der Waals surface area contributed by atoms with Crippen LogP contribution >= 0.6 is 0 Å². The van der Waals surface area contributed by atoms with Crippen LogP contribution in [0.4, 0.5) is 0 Å². The fourth-order valence-electron chi connectivity index (χ4n) is 8.04. The van der Waals surface area contributed by atoms with Gasteiger partial charge in [0, 0.05) is 49.6 Å². The molecule has 0 atom stereocenters. The topological polar surface area (TPSA) is 35.6 Å². The van der Waals surface area contributed by atoms with Crippen LogP contribution in [-0.4, -0.2) is 19.1 Å². The first kappa shape index (κ1) is 31.0. The third kappa shape index (κ3) is 5.14. The number of para-hydroxylation sites is 1. The smallest absolute Gasteiger partial charge is 0.160 e. The van der Waals surface area contributed by atoms with Crippen molar-refractivity contribution in [3.05, 3.63) is 180 Å². The largest absolute Gasteiger partial charge is 0.309 e. The van der Waals surface area contributed by atoms with Crippen molar-refractivity contribution in [2.24, 2.45) is 0 Å². The molecule has 7 aromatic carbocycles. The van der Waals surface area contributed by atoms with Gasteiger partial charge in [-0.1, -0.05) is 108 Å². The molecule has 0 aliphatic heterocycles. The van der Waals surface area contributed by atoms with E-state index in [0.29, 0.717) is 0 Å². The van der Waals surface area contributed by atoms with Crippen LogP contribution in [0.2, 0.25) is 0 Å². The van der Waals surface area contributed by atoms with Crippen molar-refractivity contribution in [3.63, 3.8) is 0 Å². The maximum atomic E-state index is 5.12. The summed E-state index contributed by atoms with van der Waals surface area (Å²) in [6, 6.07) is 58.7. The minimum Gasteiger partial charge on any atom is -0.309 e. The first-order valence-corrected chi connectivity index (χ1v) is 18.2. The molecule has 10 rings (SSSR count). The number of hydrogen-bond acceptors (Lipinski definition) is 2. The molecule has 4 nitrogen and oxygen atoms in total. The third-order valence-corrected chi connectivity index (χ3v) is 10.6. The molecule has 3 aromatic heterocycles. The Kier molecular flexibility index (Phi) is 7.12. The van der Waals surface area contributed by atoms with Crippen molar-refractivity contribution < 1.29 is 0 Å². The number of rotatable bonds is 5. The Morgan fingerprint density at radius 1 is 0.377 bits per heavy atom. The third-order valence-electron chi connectivity index (χ3n) is 10.6. The van der Waals surface area contributed by atoms with E-state index >= 15 is 0 Å². The van der Waals surface area contributed by atoms with E-state index in [1.165, 1.54) is 54.7 Å². The highest BCUT2D eigenvalue weighted by atomic mass is 15.0. The predicted molar refractivity (Wildman–Crippen MR) is 221 cm³/mol. The number of hydrogen-bond donors (Lipinski definition) is 0. The molecule has 3 heterocycles. The minimum atomic E-state index is 0.720. The van der Waals surface area contributed by atoms with E-state index in [-0.39, 0.29) is 0 Å². The van der Waals surface area contributed by atoms with Crippen molar-refractivity contribution >= 4 is 43.6 Å². The van der Waals surface area contributed by atoms with Crippen molar-refractivity contribution in [2.75, 3.05) is 0 Å². The Labute approximate surface area is 308 Å². The lowest BCUT2D eigenvalue weighted by atomic mass is 10.0. The molecule has 0 aliphatic carbocycles. The van der Waals surface area contributed by atoms with Crippen LogP contribution in [0.5, 0.6) is 0 Å². The highest BCUT2D eigenvalue weighted by Gasteiger charge is 2.18. The van der Waals surface area contributed by atoms with E-state index < -0.39 is 0 Å². The summed E-state index contributed by atoms with van der Waals surface area (Å²) in [6.07, 6.45) is 0. The van der Waals surface area contributed by atoms with Crippen LogP contribution in [0, 0.1) is 20.8 Å². The predicted octanol–water partition coefficient (Wildman–Crippen LogP) is 12.6. The molecule has 53 heavy (non-hydrogen) atoms. The first-order valence-electron chi connectivity index (χ1n) is 18.2. The first-order chi connectivity index (χ1) is 26.0. The molecule has 0 N–H and O–H groups in total. The molecule has 0 radical (unpaired) electrons. The van der Waals surface area contributed by atoms with Crippen LogP contribution in [0.3, 0.4) is 0 Å². The van der Waals surface area contributed by atoms with Gasteiger partial charge < -0.3 is 9.13 Å². The molecular formula is C49H36N4. The number of nitrogens with zero attached hydrogens (tertiary/aromatic N) is 4. The Balaban J connectivity index is 1.13. The number of aryl methyl sites for hydroxylation is 3. The zero-order valence-electron chi connectivity index (χ0n) is 29.9. The van der Waals surface area contributed by atoms with Gasteiger partial charge in [-0.15, -0.1) is 0 Å². The van der Waals surface area contributed by atoms with E-state index in [2.05, 4.69) is 169 Å². The van der Waals surface area contributed by atoms with Gasteiger partial charge in [0.25, 0.3) is 0 Å². The van der Waals surface area contributed by atoms with Gasteiger partial charge in [-0.05, 0) is 93.1 Å².